The van der Waals surface area contributed by atoms with Crippen LogP contribution in [0.5, 0.6) is 0 Å². The number of carbonyl (C=O) groups is 1. The molecule has 4 heteroatoms. The number of hydrogen-bond acceptors (Lipinski definition) is 2. The summed E-state index contributed by atoms with van der Waals surface area (Å²) < 4.78 is 0. The predicted octanol–water partition coefficient (Wildman–Crippen LogP) is 0.870. The lowest BCUT2D eigenvalue weighted by molar-refractivity contribution is 0.146. The summed E-state index contributed by atoms with van der Waals surface area (Å²) in [6.07, 6.45) is 2.08. The maximum Gasteiger partial charge on any atom is 0.319 e. The van der Waals surface area contributed by atoms with Crippen LogP contribution in [0.1, 0.15) is 26.7 Å². The zero-order valence-electron chi connectivity index (χ0n) is 9.58. The van der Waals surface area contributed by atoms with Gasteiger partial charge in [-0.2, -0.15) is 0 Å². The first kappa shape index (κ1) is 11.3. The molecule has 0 saturated carbocycles. The Morgan fingerprint density at radius 3 is 2.50 bits per heavy atom. The van der Waals surface area contributed by atoms with Gasteiger partial charge in [0.25, 0.3) is 0 Å². The molecule has 1 saturated heterocycles. The lowest BCUT2D eigenvalue weighted by Crippen LogP contribution is -2.55. The van der Waals surface area contributed by atoms with Crippen molar-refractivity contribution < 1.29 is 4.79 Å². The van der Waals surface area contributed by atoms with Gasteiger partial charge in [-0.25, -0.2) is 4.79 Å². The van der Waals surface area contributed by atoms with Crippen molar-refractivity contribution in [3.05, 3.63) is 0 Å². The first-order valence-electron chi connectivity index (χ1n) is 5.11. The summed E-state index contributed by atoms with van der Waals surface area (Å²) in [7, 11) is 3.56. The second-order valence-electron chi connectivity index (χ2n) is 4.85. The molecule has 1 aliphatic rings. The highest BCUT2D eigenvalue weighted by atomic mass is 16.2. The Hall–Kier alpha value is -0.770. The Labute approximate surface area is 86.0 Å². The highest BCUT2D eigenvalue weighted by molar-refractivity contribution is 5.74. The number of nitrogens with two attached hydrogens (primary N) is 1. The third-order valence-electron chi connectivity index (χ3n) is 2.74. The maximum atomic E-state index is 11.8. The topological polar surface area (TPSA) is 49.6 Å². The van der Waals surface area contributed by atoms with E-state index in [0.29, 0.717) is 0 Å². The molecule has 0 spiro atoms. The van der Waals surface area contributed by atoms with E-state index in [9.17, 15) is 4.79 Å². The largest absolute Gasteiger partial charge is 0.331 e. The summed E-state index contributed by atoms with van der Waals surface area (Å²) in [5.74, 6) is 0. The van der Waals surface area contributed by atoms with Crippen molar-refractivity contribution in [3.63, 3.8) is 0 Å². The van der Waals surface area contributed by atoms with Gasteiger partial charge in [0.05, 0.1) is 6.04 Å². The minimum atomic E-state index is -0.303. The van der Waals surface area contributed by atoms with Crippen molar-refractivity contribution in [1.29, 1.82) is 0 Å². The standard InChI is InChI=1S/C10H21N3O/c1-10(2,11)8-6-5-7-13(8)9(14)12(3)4/h8H,5-7,11H2,1-4H3. The number of likely N-dealkylation sites (tertiary alicyclic amines) is 1. The van der Waals surface area contributed by atoms with Gasteiger partial charge < -0.3 is 15.5 Å². The van der Waals surface area contributed by atoms with Crippen molar-refractivity contribution in [1.82, 2.24) is 9.80 Å². The van der Waals surface area contributed by atoms with Gasteiger partial charge in [-0.05, 0) is 26.7 Å². The van der Waals surface area contributed by atoms with E-state index >= 15 is 0 Å². The van der Waals surface area contributed by atoms with Crippen LogP contribution in [-0.4, -0.2) is 48.1 Å². The summed E-state index contributed by atoms with van der Waals surface area (Å²) in [5.41, 5.74) is 5.75. The first-order chi connectivity index (χ1) is 6.34. The van der Waals surface area contributed by atoms with Crippen molar-refractivity contribution in [3.8, 4) is 0 Å². The van der Waals surface area contributed by atoms with E-state index in [0.717, 1.165) is 19.4 Å². The third-order valence-corrected chi connectivity index (χ3v) is 2.74. The molecule has 1 atom stereocenters. The van der Waals surface area contributed by atoms with Crippen LogP contribution in [0.15, 0.2) is 0 Å². The summed E-state index contributed by atoms with van der Waals surface area (Å²) in [6, 6.07) is 0.253. The van der Waals surface area contributed by atoms with Gasteiger partial charge in [0, 0.05) is 26.2 Å². The number of nitrogens with zero attached hydrogens (tertiary/aromatic N) is 2. The fourth-order valence-corrected chi connectivity index (χ4v) is 2.03. The molecule has 1 rings (SSSR count). The minimum absolute atomic E-state index is 0.0750. The molecule has 1 unspecified atom stereocenters. The van der Waals surface area contributed by atoms with E-state index in [1.165, 1.54) is 0 Å². The van der Waals surface area contributed by atoms with Crippen LogP contribution in [0.25, 0.3) is 0 Å². The van der Waals surface area contributed by atoms with E-state index < -0.39 is 0 Å². The molecule has 0 radical (unpaired) electrons. The zero-order valence-corrected chi connectivity index (χ0v) is 9.58. The SMILES string of the molecule is CN(C)C(=O)N1CCCC1C(C)(C)N. The lowest BCUT2D eigenvalue weighted by Gasteiger charge is -2.36. The molecule has 0 aromatic carbocycles. The van der Waals surface area contributed by atoms with Gasteiger partial charge in [0.2, 0.25) is 0 Å². The molecule has 0 aromatic rings. The zero-order chi connectivity index (χ0) is 10.9. The summed E-state index contributed by atoms with van der Waals surface area (Å²) >= 11 is 0. The van der Waals surface area contributed by atoms with Crippen molar-refractivity contribution in [2.45, 2.75) is 38.3 Å². The van der Waals surface area contributed by atoms with Gasteiger partial charge in [0.1, 0.15) is 0 Å². The quantitative estimate of drug-likeness (QED) is 0.681. The molecule has 82 valence electrons. The Morgan fingerprint density at radius 1 is 1.50 bits per heavy atom. The fraction of sp³-hybridized carbons (Fsp3) is 0.900. The van der Waals surface area contributed by atoms with Crippen molar-refractivity contribution >= 4 is 6.03 Å². The maximum absolute atomic E-state index is 11.8. The van der Waals surface area contributed by atoms with Gasteiger partial charge in [-0.1, -0.05) is 0 Å². The number of amides is 2. The minimum Gasteiger partial charge on any atom is -0.331 e. The highest BCUT2D eigenvalue weighted by Crippen LogP contribution is 2.25. The number of rotatable bonds is 1. The molecule has 2 N–H and O–H groups in total. The Bertz CT molecular complexity index is 220. The smallest absolute Gasteiger partial charge is 0.319 e. The van der Waals surface area contributed by atoms with Gasteiger partial charge >= 0.3 is 6.03 Å². The van der Waals surface area contributed by atoms with Crippen LogP contribution in [0.2, 0.25) is 0 Å². The van der Waals surface area contributed by atoms with E-state index in [-0.39, 0.29) is 17.6 Å². The molecule has 1 aliphatic heterocycles. The van der Waals surface area contributed by atoms with Crippen molar-refractivity contribution in [2.24, 2.45) is 5.73 Å². The Morgan fingerprint density at radius 2 is 2.07 bits per heavy atom. The molecule has 0 aromatic heterocycles. The monoisotopic (exact) mass is 199 g/mol. The Kier molecular flexibility index (Phi) is 3.04. The number of urea groups is 1. The molecule has 1 heterocycles. The van der Waals surface area contributed by atoms with Gasteiger partial charge in [0.15, 0.2) is 0 Å². The lowest BCUT2D eigenvalue weighted by atomic mass is 9.94. The molecule has 2 amide bonds. The van der Waals surface area contributed by atoms with Crippen LogP contribution >= 0.6 is 0 Å². The first-order valence-corrected chi connectivity index (χ1v) is 5.11. The van der Waals surface area contributed by atoms with Gasteiger partial charge in [-0.15, -0.1) is 0 Å². The Balaban J connectivity index is 2.74. The van der Waals surface area contributed by atoms with E-state index in [2.05, 4.69) is 0 Å². The summed E-state index contributed by atoms with van der Waals surface area (Å²) in [6.45, 7) is 4.81. The second kappa shape index (κ2) is 3.77. The van der Waals surface area contributed by atoms with E-state index in [1.54, 1.807) is 19.0 Å². The summed E-state index contributed by atoms with van der Waals surface area (Å²) in [5, 5.41) is 0. The van der Waals surface area contributed by atoms with Crippen LogP contribution in [0.4, 0.5) is 4.79 Å². The van der Waals surface area contributed by atoms with Gasteiger partial charge in [-0.3, -0.25) is 0 Å². The third kappa shape index (κ3) is 2.18. The number of hydrogen-bond donors (Lipinski definition) is 1. The molecular formula is C10H21N3O. The highest BCUT2D eigenvalue weighted by Gasteiger charge is 2.37. The molecule has 4 nitrogen and oxygen atoms in total. The number of carbonyl (C=O) groups excluding carboxylic acids is 1. The molecule has 0 bridgehead atoms. The molecule has 1 fully saturated rings. The van der Waals surface area contributed by atoms with Crippen LogP contribution < -0.4 is 5.73 Å². The second-order valence-corrected chi connectivity index (χ2v) is 4.85. The van der Waals surface area contributed by atoms with Crippen LogP contribution in [-0.2, 0) is 0 Å². The van der Waals surface area contributed by atoms with Crippen LogP contribution in [0.3, 0.4) is 0 Å². The fourth-order valence-electron chi connectivity index (χ4n) is 2.03. The molecule has 14 heavy (non-hydrogen) atoms. The normalized spacial score (nSPS) is 22.6. The predicted molar refractivity (Wildman–Crippen MR) is 57.1 cm³/mol. The van der Waals surface area contributed by atoms with Crippen LogP contribution in [0, 0.1) is 0 Å². The average Bonchev–Trinajstić information content (AvgIpc) is 2.48. The summed E-state index contributed by atoms with van der Waals surface area (Å²) in [4.78, 5) is 15.3. The van der Waals surface area contributed by atoms with Crippen molar-refractivity contribution in [2.75, 3.05) is 20.6 Å². The molecular weight excluding hydrogens is 178 g/mol. The van der Waals surface area contributed by atoms with E-state index in [4.69, 9.17) is 5.73 Å². The molecule has 0 aliphatic carbocycles. The van der Waals surface area contributed by atoms with E-state index in [1.807, 2.05) is 18.7 Å². The average molecular weight is 199 g/mol.